The third-order valence-corrected chi connectivity index (χ3v) is 0.771. The van der Waals surface area contributed by atoms with Crippen LogP contribution >= 0.6 is 0 Å². The van der Waals surface area contributed by atoms with Crippen LogP contribution in [0.25, 0.3) is 0 Å². The molecule has 0 aliphatic carbocycles. The summed E-state index contributed by atoms with van der Waals surface area (Å²) in [5.41, 5.74) is 0. The first-order valence-electron chi connectivity index (χ1n) is 2.47. The monoisotopic (exact) mass is 142 g/mol. The first-order chi connectivity index (χ1) is 3.06. The lowest BCUT2D eigenvalue weighted by molar-refractivity contribution is -0.870. The zero-order chi connectivity index (χ0) is 5.91. The molecular formula is C5H14ClNO. The second-order valence-corrected chi connectivity index (χ2v) is 2.74. The minimum absolute atomic E-state index is 0. The molecule has 0 aromatic rings. The lowest BCUT2D eigenvalue weighted by Gasteiger charge is -2.21. The van der Waals surface area contributed by atoms with Gasteiger partial charge >= 0.3 is 0 Å². The maximum atomic E-state index is 8.39. The summed E-state index contributed by atoms with van der Waals surface area (Å²) >= 11 is 0. The van der Waals surface area contributed by atoms with Gasteiger partial charge in [0.15, 0.2) is 0 Å². The Morgan fingerprint density at radius 2 is 1.62 bits per heavy atom. The molecule has 0 atom stereocenters. The van der Waals surface area contributed by atoms with Gasteiger partial charge in [-0.05, 0) is 0 Å². The van der Waals surface area contributed by atoms with Crippen LogP contribution in [0.2, 0.25) is 0 Å². The van der Waals surface area contributed by atoms with Crippen LogP contribution in [0, 0.1) is 0 Å². The number of halogens is 1. The Morgan fingerprint density at radius 1 is 1.25 bits per heavy atom. The molecule has 0 aliphatic heterocycles. The molecule has 0 fully saturated rings. The third-order valence-electron chi connectivity index (χ3n) is 0.771. The second-order valence-electron chi connectivity index (χ2n) is 2.74. The predicted molar refractivity (Wildman–Crippen MR) is 30.0 cm³/mol. The van der Waals surface area contributed by atoms with Crippen molar-refractivity contribution in [2.24, 2.45) is 0 Å². The van der Waals surface area contributed by atoms with Crippen LogP contribution in [0.3, 0.4) is 0 Å². The zero-order valence-electron chi connectivity index (χ0n) is 5.69. The molecule has 0 aromatic heterocycles. The number of hydrogen-bond donors (Lipinski definition) is 1. The average molecular weight is 143 g/mol. The molecule has 0 unspecified atom stereocenters. The number of hydrogen-bond acceptors (Lipinski definition) is 1. The van der Waals surface area contributed by atoms with Gasteiger partial charge in [0.05, 0.1) is 27.7 Å². The molecular weight excluding hydrogens is 128 g/mol. The van der Waals surface area contributed by atoms with Gasteiger partial charge in [-0.2, -0.15) is 0 Å². The van der Waals surface area contributed by atoms with Crippen LogP contribution in [-0.4, -0.2) is 43.9 Å². The van der Waals surface area contributed by atoms with E-state index in [-0.39, 0.29) is 19.0 Å². The number of quaternary nitrogens is 1. The van der Waals surface area contributed by atoms with Crippen molar-refractivity contribution >= 4 is 0 Å². The summed E-state index contributed by atoms with van der Waals surface area (Å²) in [5.74, 6) is 0. The molecule has 8 heavy (non-hydrogen) atoms. The molecule has 0 aliphatic rings. The maximum absolute atomic E-state index is 8.39. The lowest BCUT2D eigenvalue weighted by atomic mass is 10.7. The van der Waals surface area contributed by atoms with Gasteiger partial charge in [-0.3, -0.25) is 0 Å². The summed E-state index contributed by atoms with van der Waals surface area (Å²) in [6.45, 7) is 1.11. The normalized spacial score (nSPS) is 10.5. The number of likely N-dealkylation sites (N-methyl/N-ethyl adjacent to an activating group) is 1. The standard InChI is InChI=1S/C5H14NO.ClH/c1-6(2,3)4-5-7;/h7H,4-5H2,1-3H3;1H/q+1;/p-1/i1+1,2+1,3+1;. The van der Waals surface area contributed by atoms with Crippen LogP contribution < -0.4 is 12.4 Å². The van der Waals surface area contributed by atoms with E-state index in [2.05, 4.69) is 21.1 Å². The SMILES string of the molecule is [13CH3][N+]([13CH3])([13CH3])CCO.[Cl-]. The van der Waals surface area contributed by atoms with Crippen molar-refractivity contribution in [3.8, 4) is 0 Å². The molecule has 0 heterocycles. The van der Waals surface area contributed by atoms with Gasteiger partial charge < -0.3 is 22.0 Å². The molecule has 3 heteroatoms. The molecule has 1 N–H and O–H groups in total. The van der Waals surface area contributed by atoms with Crippen molar-refractivity contribution in [2.45, 2.75) is 0 Å². The Kier molecular flexibility index (Phi) is 5.71. The lowest BCUT2D eigenvalue weighted by Crippen LogP contribution is -3.00. The Morgan fingerprint density at radius 3 is 1.62 bits per heavy atom. The van der Waals surface area contributed by atoms with Crippen molar-refractivity contribution < 1.29 is 22.0 Å². The van der Waals surface area contributed by atoms with E-state index in [0.717, 1.165) is 11.0 Å². The van der Waals surface area contributed by atoms with E-state index in [1.807, 2.05) is 0 Å². The largest absolute Gasteiger partial charge is 1.00 e. The van der Waals surface area contributed by atoms with Gasteiger partial charge in [0.1, 0.15) is 6.54 Å². The molecule has 0 saturated carbocycles. The fraction of sp³-hybridized carbons (Fsp3) is 1.00. The van der Waals surface area contributed by atoms with Gasteiger partial charge in [-0.15, -0.1) is 0 Å². The molecule has 0 amide bonds. The van der Waals surface area contributed by atoms with Crippen LogP contribution in [0.4, 0.5) is 0 Å². The van der Waals surface area contributed by atoms with Gasteiger partial charge in [0.2, 0.25) is 0 Å². The minimum atomic E-state index is 0. The van der Waals surface area contributed by atoms with Crippen LogP contribution in [0.15, 0.2) is 0 Å². The number of aliphatic hydroxyl groups excluding tert-OH is 1. The second kappa shape index (κ2) is 4.13. The van der Waals surface area contributed by atoms with Crippen molar-refractivity contribution in [3.05, 3.63) is 0 Å². The topological polar surface area (TPSA) is 20.2 Å². The van der Waals surface area contributed by atoms with E-state index in [9.17, 15) is 0 Å². The first kappa shape index (κ1) is 11.1. The molecule has 2 nitrogen and oxygen atoms in total. The highest BCUT2D eigenvalue weighted by Gasteiger charge is 2.02. The third kappa shape index (κ3) is 9.51. The Hall–Kier alpha value is 0.210. The highest BCUT2D eigenvalue weighted by molar-refractivity contribution is 4.19. The van der Waals surface area contributed by atoms with E-state index < -0.39 is 0 Å². The van der Waals surface area contributed by atoms with Crippen molar-refractivity contribution in [1.82, 2.24) is 0 Å². The van der Waals surface area contributed by atoms with Crippen molar-refractivity contribution in [1.29, 1.82) is 0 Å². The highest BCUT2D eigenvalue weighted by atomic mass is 35.5. The van der Waals surface area contributed by atoms with Crippen LogP contribution in [-0.2, 0) is 0 Å². The smallest absolute Gasteiger partial charge is 0.101 e. The van der Waals surface area contributed by atoms with E-state index in [0.29, 0.717) is 0 Å². The van der Waals surface area contributed by atoms with Gasteiger partial charge in [0, 0.05) is 0 Å². The van der Waals surface area contributed by atoms with E-state index in [4.69, 9.17) is 5.11 Å². The number of aliphatic hydroxyl groups is 1. The molecule has 0 radical (unpaired) electrons. The predicted octanol–water partition coefficient (Wildman–Crippen LogP) is -3.31. The van der Waals surface area contributed by atoms with Gasteiger partial charge in [-0.1, -0.05) is 0 Å². The summed E-state index contributed by atoms with van der Waals surface area (Å²) in [6, 6.07) is 0. The summed E-state index contributed by atoms with van der Waals surface area (Å²) in [7, 11) is 6.16. The van der Waals surface area contributed by atoms with Crippen LogP contribution in [0.1, 0.15) is 0 Å². The molecule has 0 saturated heterocycles. The fourth-order valence-corrected chi connectivity index (χ4v) is 0.300. The molecule has 0 spiro atoms. The fourth-order valence-electron chi connectivity index (χ4n) is 0.300. The number of nitrogens with zero attached hydrogens (tertiary/aromatic N) is 1. The van der Waals surface area contributed by atoms with Gasteiger partial charge in [-0.25, -0.2) is 0 Å². The van der Waals surface area contributed by atoms with Gasteiger partial charge in [0.25, 0.3) is 0 Å². The highest BCUT2D eigenvalue weighted by Crippen LogP contribution is 1.84. The summed E-state index contributed by atoms with van der Waals surface area (Å²) in [4.78, 5) is 0. The molecule has 0 rings (SSSR count). The van der Waals surface area contributed by atoms with Crippen LogP contribution in [0.5, 0.6) is 0 Å². The summed E-state index contributed by atoms with van der Waals surface area (Å²) in [6.07, 6.45) is 0. The maximum Gasteiger partial charge on any atom is 0.101 e. The van der Waals surface area contributed by atoms with Crippen molar-refractivity contribution in [2.75, 3.05) is 34.3 Å². The number of rotatable bonds is 2. The Bertz CT molecular complexity index is 50.9. The Balaban J connectivity index is 0. The summed E-state index contributed by atoms with van der Waals surface area (Å²) in [5, 5.41) is 8.39. The zero-order valence-corrected chi connectivity index (χ0v) is 6.44. The molecule has 0 aromatic carbocycles. The average Bonchev–Trinajstić information content (AvgIpc) is 1.30. The van der Waals surface area contributed by atoms with E-state index in [1.54, 1.807) is 0 Å². The Labute approximate surface area is 57.1 Å². The summed E-state index contributed by atoms with van der Waals surface area (Å²) < 4.78 is 0.844. The molecule has 0 bridgehead atoms. The van der Waals surface area contributed by atoms with E-state index in [1.165, 1.54) is 0 Å². The first-order valence-corrected chi connectivity index (χ1v) is 2.47. The van der Waals surface area contributed by atoms with E-state index >= 15 is 0 Å². The van der Waals surface area contributed by atoms with Crippen molar-refractivity contribution in [3.63, 3.8) is 0 Å². The molecule has 52 valence electrons. The quantitative estimate of drug-likeness (QED) is 0.316. The minimum Gasteiger partial charge on any atom is -1.00 e.